The largest absolute Gasteiger partial charge is 0.462 e. The van der Waals surface area contributed by atoms with Gasteiger partial charge in [0.05, 0.1) is 12.2 Å². The van der Waals surface area contributed by atoms with Crippen LogP contribution in [0.2, 0.25) is 0 Å². The molecule has 0 fully saturated rings. The predicted molar refractivity (Wildman–Crippen MR) is 59.9 cm³/mol. The van der Waals surface area contributed by atoms with Crippen LogP contribution in [-0.4, -0.2) is 18.5 Å². The number of carbonyl (C=O) groups excluding carboxylic acids is 1. The highest BCUT2D eigenvalue weighted by Crippen LogP contribution is 2.35. The van der Waals surface area contributed by atoms with Gasteiger partial charge in [0.25, 0.3) is 0 Å². The number of benzene rings is 1. The van der Waals surface area contributed by atoms with Crippen molar-refractivity contribution in [1.29, 1.82) is 0 Å². The Morgan fingerprint density at radius 2 is 1.81 bits per heavy atom. The topological polar surface area (TPSA) is 52.3 Å². The average molecular weight is 315 g/mol. The van der Waals surface area contributed by atoms with E-state index in [0.717, 1.165) is 0 Å². The van der Waals surface area contributed by atoms with Crippen LogP contribution in [0, 0.1) is 5.82 Å². The second-order valence-corrected chi connectivity index (χ2v) is 4.09. The van der Waals surface area contributed by atoms with Crippen molar-refractivity contribution in [3.63, 3.8) is 0 Å². The average Bonchev–Trinajstić information content (AvgIpc) is 2.36. The minimum atomic E-state index is -4.93. The van der Waals surface area contributed by atoms with Gasteiger partial charge < -0.3 is 10.5 Å². The minimum absolute atomic E-state index is 0.138. The van der Waals surface area contributed by atoms with Crippen molar-refractivity contribution >= 4 is 5.97 Å². The van der Waals surface area contributed by atoms with Crippen LogP contribution in [0.5, 0.6) is 0 Å². The van der Waals surface area contributed by atoms with Gasteiger partial charge in [-0.25, -0.2) is 9.18 Å². The Morgan fingerprint density at radius 1 is 1.24 bits per heavy atom. The third kappa shape index (κ3) is 3.87. The van der Waals surface area contributed by atoms with Crippen LogP contribution < -0.4 is 5.73 Å². The van der Waals surface area contributed by atoms with Gasteiger partial charge in [-0.15, -0.1) is 0 Å². The number of carbonyl (C=O) groups is 1. The highest BCUT2D eigenvalue weighted by atomic mass is 19.4. The summed E-state index contributed by atoms with van der Waals surface area (Å²) in [7, 11) is 0. The van der Waals surface area contributed by atoms with Crippen molar-refractivity contribution in [2.75, 3.05) is 6.61 Å². The van der Waals surface area contributed by atoms with Gasteiger partial charge in [-0.1, -0.05) is 0 Å². The lowest BCUT2D eigenvalue weighted by molar-refractivity contribution is -0.174. The van der Waals surface area contributed by atoms with E-state index < -0.39 is 41.1 Å². The normalized spacial score (nSPS) is 13.9. The van der Waals surface area contributed by atoms with Gasteiger partial charge in [-0.2, -0.15) is 22.0 Å². The monoisotopic (exact) mass is 315 g/mol. The molecule has 21 heavy (non-hydrogen) atoms. The zero-order valence-corrected chi connectivity index (χ0v) is 10.7. The minimum Gasteiger partial charge on any atom is -0.462 e. The predicted octanol–water partition coefficient (Wildman–Crippen LogP) is 3.04. The fourth-order valence-electron chi connectivity index (χ4n) is 1.52. The molecule has 1 rings (SSSR count). The summed E-state index contributed by atoms with van der Waals surface area (Å²) in [6, 6.07) is -1.65. The van der Waals surface area contributed by atoms with Gasteiger partial charge >= 0.3 is 18.1 Å². The number of hydrogen-bond acceptors (Lipinski definition) is 3. The van der Waals surface area contributed by atoms with Crippen LogP contribution in [0.15, 0.2) is 18.2 Å². The Morgan fingerprint density at radius 3 is 2.29 bits per heavy atom. The summed E-state index contributed by atoms with van der Waals surface area (Å²) >= 11 is 0. The molecule has 0 bridgehead atoms. The first-order chi connectivity index (χ1) is 9.50. The molecule has 0 amide bonds. The lowest BCUT2D eigenvalue weighted by atomic mass is 9.99. The fraction of sp³-hybridized carbons (Fsp3) is 0.417. The standard InChI is InChI=1S/C12H11F6NO2/c1-2-21-10(20)11(14,15)9(19)6-3-7(12(16,17)18)5-8(13)4-6/h3-5,9H,2,19H2,1H3/t9-/m0/s1. The molecule has 118 valence electrons. The van der Waals surface area contributed by atoms with E-state index in [9.17, 15) is 31.1 Å². The molecule has 0 aromatic heterocycles. The molecule has 9 heteroatoms. The van der Waals surface area contributed by atoms with Gasteiger partial charge in [-0.05, 0) is 30.7 Å². The van der Waals surface area contributed by atoms with Crippen molar-refractivity contribution in [3.8, 4) is 0 Å². The van der Waals surface area contributed by atoms with Crippen LogP contribution >= 0.6 is 0 Å². The Hall–Kier alpha value is -1.77. The number of halogens is 6. The van der Waals surface area contributed by atoms with Crippen molar-refractivity contribution < 1.29 is 35.9 Å². The Kier molecular flexibility index (Phi) is 4.87. The molecule has 3 nitrogen and oxygen atoms in total. The summed E-state index contributed by atoms with van der Waals surface area (Å²) < 4.78 is 82.0. The maximum Gasteiger partial charge on any atom is 0.416 e. The van der Waals surface area contributed by atoms with Crippen molar-refractivity contribution in [2.24, 2.45) is 5.73 Å². The maximum absolute atomic E-state index is 13.6. The van der Waals surface area contributed by atoms with Gasteiger partial charge in [-0.3, -0.25) is 0 Å². The highest BCUT2D eigenvalue weighted by Gasteiger charge is 2.48. The molecule has 2 N–H and O–H groups in total. The smallest absolute Gasteiger partial charge is 0.416 e. The Labute approximate surface area is 115 Å². The van der Waals surface area contributed by atoms with Crippen molar-refractivity contribution in [3.05, 3.63) is 35.1 Å². The first-order valence-corrected chi connectivity index (χ1v) is 5.68. The summed E-state index contributed by atoms with van der Waals surface area (Å²) in [5.74, 6) is -7.67. The summed E-state index contributed by atoms with van der Waals surface area (Å²) in [4.78, 5) is 11.1. The molecule has 0 aliphatic heterocycles. The molecule has 1 aromatic rings. The van der Waals surface area contributed by atoms with Crippen LogP contribution in [0.1, 0.15) is 24.1 Å². The molecule has 0 saturated heterocycles. The first-order valence-electron chi connectivity index (χ1n) is 5.68. The Balaban J connectivity index is 3.21. The molecule has 0 spiro atoms. The quantitative estimate of drug-likeness (QED) is 0.686. The molecule has 0 radical (unpaired) electrons. The Bertz CT molecular complexity index is 529. The molecule has 1 atom stereocenters. The van der Waals surface area contributed by atoms with Gasteiger partial charge in [0.1, 0.15) is 11.9 Å². The molecule has 0 saturated carbocycles. The summed E-state index contributed by atoms with van der Waals surface area (Å²) in [6.07, 6.45) is -4.93. The van der Waals surface area contributed by atoms with E-state index in [0.29, 0.717) is 6.07 Å². The molecule has 0 aliphatic rings. The van der Waals surface area contributed by atoms with E-state index in [2.05, 4.69) is 4.74 Å². The van der Waals surface area contributed by atoms with Crippen LogP contribution in [0.3, 0.4) is 0 Å². The third-order valence-electron chi connectivity index (χ3n) is 2.54. The molecular weight excluding hydrogens is 304 g/mol. The van der Waals surface area contributed by atoms with Gasteiger partial charge in [0.15, 0.2) is 0 Å². The van der Waals surface area contributed by atoms with E-state index in [1.807, 2.05) is 0 Å². The van der Waals surface area contributed by atoms with E-state index in [-0.39, 0.29) is 18.7 Å². The van der Waals surface area contributed by atoms with Gasteiger partial charge in [0, 0.05) is 0 Å². The van der Waals surface area contributed by atoms with Crippen LogP contribution in [-0.2, 0) is 15.7 Å². The zero-order valence-electron chi connectivity index (χ0n) is 10.7. The second kappa shape index (κ2) is 5.92. The summed E-state index contributed by atoms with van der Waals surface area (Å²) in [5.41, 5.74) is 2.76. The summed E-state index contributed by atoms with van der Waals surface area (Å²) in [5, 5.41) is 0. The molecule has 0 aliphatic carbocycles. The molecule has 0 unspecified atom stereocenters. The number of esters is 1. The number of nitrogens with two attached hydrogens (primary N) is 1. The van der Waals surface area contributed by atoms with E-state index in [1.54, 1.807) is 0 Å². The lowest BCUT2D eigenvalue weighted by Gasteiger charge is -2.22. The highest BCUT2D eigenvalue weighted by molar-refractivity contribution is 5.78. The van der Waals surface area contributed by atoms with Crippen molar-refractivity contribution in [2.45, 2.75) is 25.1 Å². The van der Waals surface area contributed by atoms with E-state index >= 15 is 0 Å². The van der Waals surface area contributed by atoms with Gasteiger partial charge in [0.2, 0.25) is 0 Å². The third-order valence-corrected chi connectivity index (χ3v) is 2.54. The van der Waals surface area contributed by atoms with E-state index in [1.165, 1.54) is 6.92 Å². The van der Waals surface area contributed by atoms with Crippen LogP contribution in [0.25, 0.3) is 0 Å². The fourth-order valence-corrected chi connectivity index (χ4v) is 1.52. The number of alkyl halides is 5. The first kappa shape index (κ1) is 17.3. The maximum atomic E-state index is 13.6. The van der Waals surface area contributed by atoms with Crippen molar-refractivity contribution in [1.82, 2.24) is 0 Å². The van der Waals surface area contributed by atoms with E-state index in [4.69, 9.17) is 5.73 Å². The number of rotatable bonds is 4. The SMILES string of the molecule is CCOC(=O)C(F)(F)[C@@H](N)c1cc(F)cc(C(F)(F)F)c1. The molecule has 0 heterocycles. The summed E-state index contributed by atoms with van der Waals surface area (Å²) in [6.45, 7) is 0.904. The number of ether oxygens (including phenoxy) is 1. The molecule has 1 aromatic carbocycles. The van der Waals surface area contributed by atoms with Crippen LogP contribution in [0.4, 0.5) is 26.3 Å². The second-order valence-electron chi connectivity index (χ2n) is 4.09. The molecular formula is C12H11F6NO2. The zero-order chi connectivity index (χ0) is 16.4. The number of hydrogen-bond donors (Lipinski definition) is 1. The lowest BCUT2D eigenvalue weighted by Crippen LogP contribution is -2.41.